The first-order valence-electron chi connectivity index (χ1n) is 9.61. The zero-order valence-corrected chi connectivity index (χ0v) is 18.5. The molecule has 0 unspecified atom stereocenters. The summed E-state index contributed by atoms with van der Waals surface area (Å²) < 4.78 is 0. The molecule has 3 aromatic rings. The van der Waals surface area contributed by atoms with Crippen molar-refractivity contribution < 1.29 is 4.79 Å². The number of H-pyrrole nitrogens is 1. The number of aromatic nitrogens is 4. The summed E-state index contributed by atoms with van der Waals surface area (Å²) in [6.45, 7) is 4.07. The van der Waals surface area contributed by atoms with Gasteiger partial charge in [0.15, 0.2) is 5.82 Å². The zero-order chi connectivity index (χ0) is 20.1. The molecule has 0 bridgehead atoms. The highest BCUT2D eigenvalue weighted by Gasteiger charge is 2.19. The first-order valence-corrected chi connectivity index (χ1v) is 9.61. The van der Waals surface area contributed by atoms with Gasteiger partial charge < -0.3 is 16.0 Å². The van der Waals surface area contributed by atoms with E-state index in [1.165, 1.54) is 0 Å². The van der Waals surface area contributed by atoms with Crippen molar-refractivity contribution in [1.82, 2.24) is 25.1 Å². The molecule has 3 heterocycles. The molecule has 1 amide bonds. The molecule has 11 heteroatoms. The third-order valence-corrected chi connectivity index (χ3v) is 4.86. The normalized spacial score (nSPS) is 13.8. The van der Waals surface area contributed by atoms with E-state index in [9.17, 15) is 4.79 Å². The Hall–Kier alpha value is -2.72. The van der Waals surface area contributed by atoms with Crippen LogP contribution in [0.3, 0.4) is 0 Å². The molecule has 4 N–H and O–H groups in total. The predicted octanol–water partition coefficient (Wildman–Crippen LogP) is 1.93. The third kappa shape index (κ3) is 6.38. The monoisotopic (exact) mass is 464 g/mol. The third-order valence-electron chi connectivity index (χ3n) is 4.86. The van der Waals surface area contributed by atoms with Gasteiger partial charge in [-0.3, -0.25) is 14.8 Å². The highest BCUT2D eigenvalue weighted by molar-refractivity contribution is 5.92. The largest absolute Gasteiger partial charge is 0.354 e. The molecule has 4 rings (SSSR count). The lowest BCUT2D eigenvalue weighted by molar-refractivity contribution is -0.117. The summed E-state index contributed by atoms with van der Waals surface area (Å²) >= 11 is 0. The van der Waals surface area contributed by atoms with E-state index in [-0.39, 0.29) is 30.7 Å². The number of rotatable bonds is 6. The molecule has 0 spiro atoms. The summed E-state index contributed by atoms with van der Waals surface area (Å²) in [4.78, 5) is 25.5. The van der Waals surface area contributed by atoms with Crippen molar-refractivity contribution in [3.8, 4) is 11.4 Å². The summed E-state index contributed by atoms with van der Waals surface area (Å²) in [7, 11) is 0. The number of nitrogens with two attached hydrogens (primary N) is 1. The standard InChI is InChI=1S/C20H24N8O.2ClH/c21-13-17-24-20(26-25-17)15-4-6-16(7-5-15)23-19(29)14-27-9-11-28(12-10-27)18-3-1-2-8-22-18;;/h1-8H,9-14,21H2,(H,23,29)(H,24,25,26);2*1H. The van der Waals surface area contributed by atoms with Crippen LogP contribution in [0.2, 0.25) is 0 Å². The van der Waals surface area contributed by atoms with Crippen LogP contribution in [0.25, 0.3) is 11.4 Å². The van der Waals surface area contributed by atoms with E-state index in [0.717, 1.165) is 43.2 Å². The molecular formula is C20H26Cl2N8O. The highest BCUT2D eigenvalue weighted by atomic mass is 35.5. The SMILES string of the molecule is Cl.Cl.NCc1nc(-c2ccc(NC(=O)CN3CCN(c4ccccn4)CC3)cc2)n[nH]1. The quantitative estimate of drug-likeness (QED) is 0.510. The molecule has 1 aliphatic rings. The van der Waals surface area contributed by atoms with Crippen molar-refractivity contribution in [1.29, 1.82) is 0 Å². The maximum atomic E-state index is 12.4. The molecule has 0 aliphatic carbocycles. The Labute approximate surface area is 193 Å². The Balaban J connectivity index is 0.00000171. The van der Waals surface area contributed by atoms with Gasteiger partial charge >= 0.3 is 0 Å². The topological polar surface area (TPSA) is 116 Å². The van der Waals surface area contributed by atoms with Gasteiger partial charge in [-0.2, -0.15) is 5.10 Å². The van der Waals surface area contributed by atoms with Crippen molar-refractivity contribution in [2.45, 2.75) is 6.54 Å². The Morgan fingerprint density at radius 2 is 1.81 bits per heavy atom. The predicted molar refractivity (Wildman–Crippen MR) is 126 cm³/mol. The van der Waals surface area contributed by atoms with Crippen LogP contribution < -0.4 is 16.0 Å². The fourth-order valence-corrected chi connectivity index (χ4v) is 3.30. The van der Waals surface area contributed by atoms with Crippen LogP contribution in [-0.4, -0.2) is 63.7 Å². The number of hydrogen-bond acceptors (Lipinski definition) is 7. The minimum atomic E-state index is -0.0210. The number of nitrogens with one attached hydrogen (secondary N) is 2. The van der Waals surface area contributed by atoms with Crippen LogP contribution in [0.1, 0.15) is 5.82 Å². The number of amides is 1. The molecular weight excluding hydrogens is 439 g/mol. The molecule has 2 aromatic heterocycles. The Morgan fingerprint density at radius 1 is 1.06 bits per heavy atom. The molecule has 9 nitrogen and oxygen atoms in total. The van der Waals surface area contributed by atoms with Gasteiger partial charge in [0.2, 0.25) is 5.91 Å². The molecule has 1 fully saturated rings. The lowest BCUT2D eigenvalue weighted by Gasteiger charge is -2.34. The van der Waals surface area contributed by atoms with Crippen LogP contribution in [0.15, 0.2) is 48.7 Å². The summed E-state index contributed by atoms with van der Waals surface area (Å²) in [5.74, 6) is 2.20. The van der Waals surface area contributed by atoms with Crippen LogP contribution >= 0.6 is 24.8 Å². The maximum absolute atomic E-state index is 12.4. The first-order chi connectivity index (χ1) is 14.2. The van der Waals surface area contributed by atoms with Gasteiger partial charge in [-0.15, -0.1) is 24.8 Å². The first kappa shape index (κ1) is 24.5. The van der Waals surface area contributed by atoms with Crippen LogP contribution in [0.5, 0.6) is 0 Å². The molecule has 31 heavy (non-hydrogen) atoms. The molecule has 166 valence electrons. The van der Waals surface area contributed by atoms with Crippen molar-refractivity contribution in [2.24, 2.45) is 5.73 Å². The van der Waals surface area contributed by atoms with E-state index in [0.29, 0.717) is 24.7 Å². The summed E-state index contributed by atoms with van der Waals surface area (Å²) in [5.41, 5.74) is 7.16. The molecule has 1 aliphatic heterocycles. The van der Waals surface area contributed by atoms with Gasteiger partial charge in [0.1, 0.15) is 11.6 Å². The van der Waals surface area contributed by atoms with Gasteiger partial charge in [-0.25, -0.2) is 9.97 Å². The minimum absolute atomic E-state index is 0. The van der Waals surface area contributed by atoms with Crippen molar-refractivity contribution in [3.05, 3.63) is 54.5 Å². The second kappa shape index (κ2) is 11.6. The fraction of sp³-hybridized carbons (Fsp3) is 0.300. The molecule has 0 saturated carbocycles. The summed E-state index contributed by atoms with van der Waals surface area (Å²) in [5, 5.41) is 9.88. The number of pyridine rings is 1. The molecule has 1 aromatic carbocycles. The average molecular weight is 465 g/mol. The molecule has 0 radical (unpaired) electrons. The summed E-state index contributed by atoms with van der Waals surface area (Å²) in [6, 6.07) is 13.4. The van der Waals surface area contributed by atoms with Crippen LogP contribution in [0, 0.1) is 0 Å². The minimum Gasteiger partial charge on any atom is -0.354 e. The van der Waals surface area contributed by atoms with Gasteiger partial charge in [0.25, 0.3) is 0 Å². The van der Waals surface area contributed by atoms with E-state index in [4.69, 9.17) is 5.73 Å². The Morgan fingerprint density at radius 3 is 2.42 bits per heavy atom. The van der Waals surface area contributed by atoms with Crippen molar-refractivity contribution in [3.63, 3.8) is 0 Å². The van der Waals surface area contributed by atoms with Crippen LogP contribution in [0.4, 0.5) is 11.5 Å². The average Bonchev–Trinajstić information content (AvgIpc) is 3.25. The highest BCUT2D eigenvalue weighted by Crippen LogP contribution is 2.18. The number of carbonyl (C=O) groups is 1. The Kier molecular flexibility index (Phi) is 9.20. The maximum Gasteiger partial charge on any atom is 0.238 e. The Bertz CT molecular complexity index is 943. The lowest BCUT2D eigenvalue weighted by atomic mass is 10.2. The number of halogens is 2. The number of carbonyl (C=O) groups excluding carboxylic acids is 1. The van der Waals surface area contributed by atoms with E-state index in [1.54, 1.807) is 6.20 Å². The zero-order valence-electron chi connectivity index (χ0n) is 16.9. The van der Waals surface area contributed by atoms with Gasteiger partial charge in [0.05, 0.1) is 13.1 Å². The van der Waals surface area contributed by atoms with E-state index < -0.39 is 0 Å². The van der Waals surface area contributed by atoms with Crippen molar-refractivity contribution >= 4 is 42.2 Å². The number of nitrogens with zero attached hydrogens (tertiary/aromatic N) is 5. The van der Waals surface area contributed by atoms with Crippen LogP contribution in [-0.2, 0) is 11.3 Å². The molecule has 1 saturated heterocycles. The number of aromatic amines is 1. The second-order valence-corrected chi connectivity index (χ2v) is 6.89. The number of benzene rings is 1. The summed E-state index contributed by atoms with van der Waals surface area (Å²) in [6.07, 6.45) is 1.81. The smallest absolute Gasteiger partial charge is 0.238 e. The number of anilines is 2. The van der Waals surface area contributed by atoms with Gasteiger partial charge in [-0.05, 0) is 36.4 Å². The van der Waals surface area contributed by atoms with Gasteiger partial charge in [-0.1, -0.05) is 6.07 Å². The second-order valence-electron chi connectivity index (χ2n) is 6.89. The van der Waals surface area contributed by atoms with E-state index >= 15 is 0 Å². The van der Waals surface area contributed by atoms with E-state index in [1.807, 2.05) is 42.5 Å². The number of hydrogen-bond donors (Lipinski definition) is 3. The van der Waals surface area contributed by atoms with E-state index in [2.05, 4.69) is 35.3 Å². The van der Waals surface area contributed by atoms with Gasteiger partial charge in [0, 0.05) is 43.6 Å². The fourth-order valence-electron chi connectivity index (χ4n) is 3.30. The lowest BCUT2D eigenvalue weighted by Crippen LogP contribution is -2.48. The molecule has 0 atom stereocenters. The van der Waals surface area contributed by atoms with Crippen molar-refractivity contribution in [2.75, 3.05) is 42.9 Å². The number of piperazine rings is 1.